The number of hydrogen-bond acceptors (Lipinski definition) is 5. The first-order valence-corrected chi connectivity index (χ1v) is 9.60. The Morgan fingerprint density at radius 2 is 2.04 bits per heavy atom. The molecular weight excluding hydrogens is 330 g/mol. The molecule has 0 aliphatic carbocycles. The van der Waals surface area contributed by atoms with E-state index in [1.54, 1.807) is 6.20 Å². The minimum absolute atomic E-state index is 0.197. The molecule has 2 aliphatic rings. The first-order valence-electron chi connectivity index (χ1n) is 9.60. The molecule has 7 nitrogen and oxygen atoms in total. The van der Waals surface area contributed by atoms with Crippen molar-refractivity contribution in [3.63, 3.8) is 0 Å². The molecule has 4 rings (SSSR count). The maximum Gasteiger partial charge on any atom is 0.220 e. The van der Waals surface area contributed by atoms with Crippen molar-refractivity contribution in [2.24, 2.45) is 13.0 Å². The van der Waals surface area contributed by atoms with Crippen LogP contribution in [0.5, 0.6) is 0 Å². The van der Waals surface area contributed by atoms with E-state index >= 15 is 0 Å². The maximum absolute atomic E-state index is 12.3. The van der Waals surface area contributed by atoms with E-state index in [-0.39, 0.29) is 5.91 Å². The smallest absolute Gasteiger partial charge is 0.220 e. The molecule has 0 radical (unpaired) electrons. The zero-order valence-electron chi connectivity index (χ0n) is 15.4. The number of piperidine rings is 1. The number of aromatic nitrogens is 3. The molecule has 1 amide bonds. The molecule has 1 N–H and O–H groups in total. The lowest BCUT2D eigenvalue weighted by Crippen LogP contribution is -2.41. The zero-order chi connectivity index (χ0) is 17.9. The normalized spacial score (nSPS) is 19.8. The van der Waals surface area contributed by atoms with Gasteiger partial charge in [-0.15, -0.1) is 0 Å². The van der Waals surface area contributed by atoms with Gasteiger partial charge in [-0.2, -0.15) is 0 Å². The number of aryl methyl sites for hydroxylation is 1. The number of carbonyl (C=O) groups excluding carboxylic acids is 1. The van der Waals surface area contributed by atoms with Gasteiger partial charge in [0.15, 0.2) is 5.65 Å². The van der Waals surface area contributed by atoms with Gasteiger partial charge >= 0.3 is 0 Å². The number of rotatable bonds is 4. The molecule has 2 aliphatic heterocycles. The van der Waals surface area contributed by atoms with Crippen LogP contribution in [0.15, 0.2) is 18.3 Å². The Morgan fingerprint density at radius 3 is 2.77 bits per heavy atom. The summed E-state index contributed by atoms with van der Waals surface area (Å²) in [4.78, 5) is 23.8. The van der Waals surface area contributed by atoms with E-state index in [1.807, 2.05) is 19.2 Å². The molecular formula is C19H27N5O2. The lowest BCUT2D eigenvalue weighted by atomic mass is 9.93. The molecule has 2 fully saturated rings. The van der Waals surface area contributed by atoms with Gasteiger partial charge in [0.05, 0.1) is 0 Å². The highest BCUT2D eigenvalue weighted by Crippen LogP contribution is 2.26. The second kappa shape index (κ2) is 7.61. The lowest BCUT2D eigenvalue weighted by Gasteiger charge is -2.32. The lowest BCUT2D eigenvalue weighted by molar-refractivity contribution is -0.123. The molecule has 0 atom stereocenters. The Morgan fingerprint density at radius 1 is 1.27 bits per heavy atom. The van der Waals surface area contributed by atoms with Crippen LogP contribution < -0.4 is 10.2 Å². The zero-order valence-corrected chi connectivity index (χ0v) is 15.4. The van der Waals surface area contributed by atoms with Gasteiger partial charge in [0.2, 0.25) is 11.9 Å². The molecule has 0 saturated carbocycles. The SMILES string of the molecule is Cn1c(N2CCC(CC(=O)NC3CCOCC3)CC2)nc2cccnc21. The van der Waals surface area contributed by atoms with E-state index in [1.165, 1.54) is 0 Å². The molecule has 0 aromatic carbocycles. The molecule has 0 bridgehead atoms. The summed E-state index contributed by atoms with van der Waals surface area (Å²) < 4.78 is 7.41. The Hall–Kier alpha value is -2.15. The van der Waals surface area contributed by atoms with Gasteiger partial charge in [-0.3, -0.25) is 9.36 Å². The van der Waals surface area contributed by atoms with Crippen molar-refractivity contribution < 1.29 is 9.53 Å². The summed E-state index contributed by atoms with van der Waals surface area (Å²) in [5.41, 5.74) is 1.85. The van der Waals surface area contributed by atoms with Gasteiger partial charge in [-0.1, -0.05) is 0 Å². The van der Waals surface area contributed by atoms with E-state index < -0.39 is 0 Å². The standard InChI is InChI=1S/C19H27N5O2/c1-23-18-16(3-2-8-20-18)22-19(23)24-9-4-14(5-10-24)13-17(25)21-15-6-11-26-12-7-15/h2-3,8,14-15H,4-7,9-13H2,1H3,(H,21,25). The third-order valence-electron chi connectivity index (χ3n) is 5.56. The summed E-state index contributed by atoms with van der Waals surface area (Å²) in [7, 11) is 2.02. The van der Waals surface area contributed by atoms with Crippen LogP contribution in [-0.2, 0) is 16.6 Å². The number of hydrogen-bond donors (Lipinski definition) is 1. The molecule has 4 heterocycles. The average molecular weight is 357 g/mol. The van der Waals surface area contributed by atoms with Crippen LogP contribution in [0, 0.1) is 5.92 Å². The van der Waals surface area contributed by atoms with Gasteiger partial charge in [-0.25, -0.2) is 9.97 Å². The fraction of sp³-hybridized carbons (Fsp3) is 0.632. The van der Waals surface area contributed by atoms with Crippen molar-refractivity contribution in [1.82, 2.24) is 19.9 Å². The number of amides is 1. The topological polar surface area (TPSA) is 72.3 Å². The van der Waals surface area contributed by atoms with E-state index in [0.717, 1.165) is 69.1 Å². The molecule has 0 unspecified atom stereocenters. The Labute approximate surface area is 153 Å². The van der Waals surface area contributed by atoms with E-state index in [9.17, 15) is 4.79 Å². The van der Waals surface area contributed by atoms with Crippen molar-refractivity contribution in [2.45, 2.75) is 38.1 Å². The molecule has 0 spiro atoms. The Bertz CT molecular complexity index is 760. The third kappa shape index (κ3) is 3.67. The minimum Gasteiger partial charge on any atom is -0.381 e. The van der Waals surface area contributed by atoms with E-state index in [0.29, 0.717) is 18.4 Å². The maximum atomic E-state index is 12.3. The van der Waals surface area contributed by atoms with Crippen LogP contribution in [0.1, 0.15) is 32.1 Å². The first kappa shape index (κ1) is 17.3. The summed E-state index contributed by atoms with van der Waals surface area (Å²) >= 11 is 0. The Balaban J connectivity index is 1.30. The highest BCUT2D eigenvalue weighted by Gasteiger charge is 2.25. The third-order valence-corrected chi connectivity index (χ3v) is 5.56. The first-order chi connectivity index (χ1) is 12.7. The minimum atomic E-state index is 0.197. The summed E-state index contributed by atoms with van der Waals surface area (Å²) in [6.07, 6.45) is 6.36. The number of ether oxygens (including phenoxy) is 1. The largest absolute Gasteiger partial charge is 0.381 e. The van der Waals surface area contributed by atoms with Crippen LogP contribution >= 0.6 is 0 Å². The average Bonchev–Trinajstić information content (AvgIpc) is 3.00. The van der Waals surface area contributed by atoms with Gasteiger partial charge in [-0.05, 0) is 43.7 Å². The number of nitrogens with one attached hydrogen (secondary N) is 1. The van der Waals surface area contributed by atoms with Crippen LogP contribution in [0.3, 0.4) is 0 Å². The monoisotopic (exact) mass is 357 g/mol. The second-order valence-corrected chi connectivity index (χ2v) is 7.41. The Kier molecular flexibility index (Phi) is 5.06. The molecule has 2 aromatic heterocycles. The number of anilines is 1. The number of nitrogens with zero attached hydrogens (tertiary/aromatic N) is 4. The van der Waals surface area contributed by atoms with Crippen LogP contribution in [-0.4, -0.2) is 52.8 Å². The summed E-state index contributed by atoms with van der Waals surface area (Å²) in [6, 6.07) is 4.21. The number of fused-ring (bicyclic) bond motifs is 1. The highest BCUT2D eigenvalue weighted by molar-refractivity contribution is 5.76. The van der Waals surface area contributed by atoms with Crippen LogP contribution in [0.2, 0.25) is 0 Å². The fourth-order valence-electron chi connectivity index (χ4n) is 4.02. The molecule has 140 valence electrons. The van der Waals surface area contributed by atoms with Crippen molar-refractivity contribution in [3.8, 4) is 0 Å². The van der Waals surface area contributed by atoms with Gasteiger partial charge < -0.3 is 15.0 Å². The van der Waals surface area contributed by atoms with Gasteiger partial charge in [0.25, 0.3) is 0 Å². The van der Waals surface area contributed by atoms with E-state index in [4.69, 9.17) is 9.72 Å². The predicted octanol–water partition coefficient (Wildman–Crippen LogP) is 1.87. The molecule has 2 aromatic rings. The fourth-order valence-corrected chi connectivity index (χ4v) is 4.02. The molecule has 26 heavy (non-hydrogen) atoms. The quantitative estimate of drug-likeness (QED) is 0.904. The van der Waals surface area contributed by atoms with Crippen molar-refractivity contribution in [2.75, 3.05) is 31.2 Å². The van der Waals surface area contributed by atoms with Crippen molar-refractivity contribution >= 4 is 23.0 Å². The van der Waals surface area contributed by atoms with Gasteiger partial charge in [0, 0.05) is 52.0 Å². The summed E-state index contributed by atoms with van der Waals surface area (Å²) in [5, 5.41) is 3.18. The van der Waals surface area contributed by atoms with Crippen LogP contribution in [0.25, 0.3) is 11.2 Å². The summed E-state index contributed by atoms with van der Waals surface area (Å²) in [5.74, 6) is 1.63. The van der Waals surface area contributed by atoms with Crippen LogP contribution in [0.4, 0.5) is 5.95 Å². The number of pyridine rings is 1. The number of imidazole rings is 1. The van der Waals surface area contributed by atoms with Crippen molar-refractivity contribution in [3.05, 3.63) is 18.3 Å². The highest BCUT2D eigenvalue weighted by atomic mass is 16.5. The predicted molar refractivity (Wildman–Crippen MR) is 100 cm³/mol. The van der Waals surface area contributed by atoms with E-state index in [2.05, 4.69) is 19.8 Å². The second-order valence-electron chi connectivity index (χ2n) is 7.41. The molecule has 2 saturated heterocycles. The summed E-state index contributed by atoms with van der Waals surface area (Å²) in [6.45, 7) is 3.39. The number of carbonyl (C=O) groups is 1. The van der Waals surface area contributed by atoms with Crippen molar-refractivity contribution in [1.29, 1.82) is 0 Å². The van der Waals surface area contributed by atoms with Gasteiger partial charge in [0.1, 0.15) is 5.52 Å². The molecule has 7 heteroatoms.